The van der Waals surface area contributed by atoms with Gasteiger partial charge in [0.05, 0.1) is 12.1 Å². The standard InChI is InChI=1S/C10H20N2O2/c1-7(10(11)13)12-8-3-5-9(14-2)6-4-8/h7-9,12H,3-6H2,1-2H3,(H2,11,13). The topological polar surface area (TPSA) is 64.3 Å². The summed E-state index contributed by atoms with van der Waals surface area (Å²) in [5.41, 5.74) is 5.18. The van der Waals surface area contributed by atoms with Gasteiger partial charge in [-0.2, -0.15) is 0 Å². The van der Waals surface area contributed by atoms with E-state index in [2.05, 4.69) is 5.32 Å². The number of rotatable bonds is 4. The van der Waals surface area contributed by atoms with Crippen LogP contribution in [0.15, 0.2) is 0 Å². The van der Waals surface area contributed by atoms with E-state index in [4.69, 9.17) is 10.5 Å². The molecule has 1 aliphatic rings. The average Bonchev–Trinajstić information content (AvgIpc) is 2.19. The zero-order valence-electron chi connectivity index (χ0n) is 8.95. The van der Waals surface area contributed by atoms with Crippen LogP contribution in [0.25, 0.3) is 0 Å². The molecule has 1 aliphatic carbocycles. The first kappa shape index (κ1) is 11.5. The van der Waals surface area contributed by atoms with E-state index in [1.807, 2.05) is 6.92 Å². The molecular weight excluding hydrogens is 180 g/mol. The molecule has 0 aliphatic heterocycles. The molecule has 82 valence electrons. The zero-order valence-corrected chi connectivity index (χ0v) is 8.95. The van der Waals surface area contributed by atoms with Crippen molar-refractivity contribution in [2.45, 2.75) is 50.8 Å². The molecule has 0 aromatic carbocycles. The SMILES string of the molecule is COC1CCC(NC(C)C(N)=O)CC1. The van der Waals surface area contributed by atoms with Gasteiger partial charge < -0.3 is 15.8 Å². The van der Waals surface area contributed by atoms with Gasteiger partial charge in [0.15, 0.2) is 0 Å². The molecule has 0 spiro atoms. The van der Waals surface area contributed by atoms with Gasteiger partial charge in [0.25, 0.3) is 0 Å². The Morgan fingerprint density at radius 3 is 2.43 bits per heavy atom. The van der Waals surface area contributed by atoms with Crippen LogP contribution in [0.1, 0.15) is 32.6 Å². The van der Waals surface area contributed by atoms with Crippen LogP contribution in [0.5, 0.6) is 0 Å². The lowest BCUT2D eigenvalue weighted by atomic mass is 9.92. The number of nitrogens with one attached hydrogen (secondary N) is 1. The fraction of sp³-hybridized carbons (Fsp3) is 0.900. The molecular formula is C10H20N2O2. The van der Waals surface area contributed by atoms with Crippen molar-refractivity contribution >= 4 is 5.91 Å². The molecule has 1 saturated carbocycles. The highest BCUT2D eigenvalue weighted by Crippen LogP contribution is 2.20. The number of ether oxygens (including phenoxy) is 1. The van der Waals surface area contributed by atoms with Gasteiger partial charge >= 0.3 is 0 Å². The minimum Gasteiger partial charge on any atom is -0.381 e. The Labute approximate surface area is 85.2 Å². The van der Waals surface area contributed by atoms with E-state index < -0.39 is 0 Å². The number of primary amides is 1. The highest BCUT2D eigenvalue weighted by Gasteiger charge is 2.22. The second kappa shape index (κ2) is 5.32. The van der Waals surface area contributed by atoms with Gasteiger partial charge in [-0.25, -0.2) is 0 Å². The molecule has 3 N–H and O–H groups in total. The van der Waals surface area contributed by atoms with Gasteiger partial charge in [-0.1, -0.05) is 0 Å². The van der Waals surface area contributed by atoms with Gasteiger partial charge in [0, 0.05) is 13.2 Å². The summed E-state index contributed by atoms with van der Waals surface area (Å²) in [6, 6.07) is 0.197. The predicted octanol–water partition coefficient (Wildman–Crippen LogP) is 0.407. The second-order valence-corrected chi connectivity index (χ2v) is 4.00. The normalized spacial score (nSPS) is 29.9. The summed E-state index contributed by atoms with van der Waals surface area (Å²) in [7, 11) is 1.75. The van der Waals surface area contributed by atoms with E-state index in [0.717, 1.165) is 25.7 Å². The molecule has 1 fully saturated rings. The maximum Gasteiger partial charge on any atom is 0.234 e. The van der Waals surface area contributed by atoms with Crippen molar-refractivity contribution in [1.82, 2.24) is 5.32 Å². The zero-order chi connectivity index (χ0) is 10.6. The summed E-state index contributed by atoms with van der Waals surface area (Å²) < 4.78 is 5.27. The molecule has 14 heavy (non-hydrogen) atoms. The van der Waals surface area contributed by atoms with Crippen LogP contribution in [-0.4, -0.2) is 31.2 Å². The Morgan fingerprint density at radius 2 is 2.00 bits per heavy atom. The molecule has 0 radical (unpaired) electrons. The molecule has 1 rings (SSSR count). The summed E-state index contributed by atoms with van der Waals surface area (Å²) >= 11 is 0. The van der Waals surface area contributed by atoms with Crippen LogP contribution in [0, 0.1) is 0 Å². The van der Waals surface area contributed by atoms with Crippen molar-refractivity contribution in [3.05, 3.63) is 0 Å². The molecule has 1 amide bonds. The second-order valence-electron chi connectivity index (χ2n) is 4.00. The fourth-order valence-electron chi connectivity index (χ4n) is 1.90. The molecule has 0 aromatic rings. The van der Waals surface area contributed by atoms with E-state index in [0.29, 0.717) is 12.1 Å². The predicted molar refractivity (Wildman–Crippen MR) is 54.8 cm³/mol. The number of hydrogen-bond acceptors (Lipinski definition) is 3. The van der Waals surface area contributed by atoms with Gasteiger partial charge in [-0.05, 0) is 32.6 Å². The number of carbonyl (C=O) groups excluding carboxylic acids is 1. The van der Waals surface area contributed by atoms with Crippen molar-refractivity contribution in [3.63, 3.8) is 0 Å². The quantitative estimate of drug-likeness (QED) is 0.690. The van der Waals surface area contributed by atoms with Crippen molar-refractivity contribution < 1.29 is 9.53 Å². The smallest absolute Gasteiger partial charge is 0.234 e. The number of hydrogen-bond donors (Lipinski definition) is 2. The van der Waals surface area contributed by atoms with Crippen LogP contribution in [0.4, 0.5) is 0 Å². The lowest BCUT2D eigenvalue weighted by Crippen LogP contribution is -2.46. The van der Waals surface area contributed by atoms with Crippen molar-refractivity contribution in [2.24, 2.45) is 5.73 Å². The number of amides is 1. The van der Waals surface area contributed by atoms with Crippen LogP contribution >= 0.6 is 0 Å². The molecule has 0 aromatic heterocycles. The largest absolute Gasteiger partial charge is 0.381 e. The molecule has 0 bridgehead atoms. The summed E-state index contributed by atoms with van der Waals surface area (Å²) in [5.74, 6) is -0.279. The Hall–Kier alpha value is -0.610. The summed E-state index contributed by atoms with van der Waals surface area (Å²) in [6.45, 7) is 1.81. The van der Waals surface area contributed by atoms with Crippen molar-refractivity contribution in [3.8, 4) is 0 Å². The highest BCUT2D eigenvalue weighted by atomic mass is 16.5. The fourth-order valence-corrected chi connectivity index (χ4v) is 1.90. The van der Waals surface area contributed by atoms with Gasteiger partial charge in [-0.3, -0.25) is 4.79 Å². The summed E-state index contributed by atoms with van der Waals surface area (Å²) in [4.78, 5) is 10.8. The molecule has 4 nitrogen and oxygen atoms in total. The van der Waals surface area contributed by atoms with E-state index in [-0.39, 0.29) is 11.9 Å². The minimum atomic E-state index is -0.279. The lowest BCUT2D eigenvalue weighted by molar-refractivity contribution is -0.119. The van der Waals surface area contributed by atoms with Gasteiger partial charge in [0.2, 0.25) is 5.91 Å². The summed E-state index contributed by atoms with van der Waals surface area (Å²) in [5, 5.41) is 3.23. The number of carbonyl (C=O) groups is 1. The highest BCUT2D eigenvalue weighted by molar-refractivity contribution is 5.79. The monoisotopic (exact) mass is 200 g/mol. The lowest BCUT2D eigenvalue weighted by Gasteiger charge is -2.29. The first-order valence-electron chi connectivity index (χ1n) is 5.21. The Morgan fingerprint density at radius 1 is 1.43 bits per heavy atom. The third kappa shape index (κ3) is 3.27. The van der Waals surface area contributed by atoms with Crippen LogP contribution in [0.3, 0.4) is 0 Å². The third-order valence-corrected chi connectivity index (χ3v) is 2.92. The first-order chi connectivity index (χ1) is 6.63. The maximum atomic E-state index is 10.8. The van der Waals surface area contributed by atoms with E-state index in [1.54, 1.807) is 7.11 Å². The Kier molecular flexibility index (Phi) is 4.35. The van der Waals surface area contributed by atoms with Crippen molar-refractivity contribution in [2.75, 3.05) is 7.11 Å². The van der Waals surface area contributed by atoms with Crippen LogP contribution in [-0.2, 0) is 9.53 Å². The van der Waals surface area contributed by atoms with Crippen LogP contribution in [0.2, 0.25) is 0 Å². The summed E-state index contributed by atoms with van der Waals surface area (Å²) in [6.07, 6.45) is 4.67. The number of nitrogens with two attached hydrogens (primary N) is 1. The Balaban J connectivity index is 2.25. The molecule has 1 unspecified atom stereocenters. The van der Waals surface area contributed by atoms with Gasteiger partial charge in [-0.15, -0.1) is 0 Å². The number of methoxy groups -OCH3 is 1. The molecule has 0 saturated heterocycles. The first-order valence-corrected chi connectivity index (χ1v) is 5.21. The molecule has 1 atom stereocenters. The van der Waals surface area contributed by atoms with E-state index >= 15 is 0 Å². The third-order valence-electron chi connectivity index (χ3n) is 2.92. The minimum absolute atomic E-state index is 0.223. The van der Waals surface area contributed by atoms with E-state index in [9.17, 15) is 4.79 Å². The average molecular weight is 200 g/mol. The Bertz CT molecular complexity index is 189. The molecule has 0 heterocycles. The van der Waals surface area contributed by atoms with Crippen LogP contribution < -0.4 is 11.1 Å². The van der Waals surface area contributed by atoms with Crippen molar-refractivity contribution in [1.29, 1.82) is 0 Å². The van der Waals surface area contributed by atoms with E-state index in [1.165, 1.54) is 0 Å². The molecule has 4 heteroatoms. The maximum absolute atomic E-state index is 10.8. The van der Waals surface area contributed by atoms with Gasteiger partial charge in [0.1, 0.15) is 0 Å².